The molecular weight excluding hydrogens is 280 g/mol. The summed E-state index contributed by atoms with van der Waals surface area (Å²) in [6, 6.07) is 8.85. The number of aromatic nitrogens is 1. The van der Waals surface area contributed by atoms with Crippen LogP contribution < -0.4 is 16.8 Å². The minimum atomic E-state index is -0.442. The van der Waals surface area contributed by atoms with Crippen LogP contribution in [0.2, 0.25) is 0 Å². The molecule has 0 atom stereocenters. The van der Waals surface area contributed by atoms with Crippen LogP contribution in [-0.4, -0.2) is 23.3 Å². The van der Waals surface area contributed by atoms with Crippen molar-refractivity contribution in [2.75, 3.05) is 11.9 Å². The van der Waals surface area contributed by atoms with Gasteiger partial charge >= 0.3 is 0 Å². The number of nitrogens with two attached hydrogens (primary N) is 2. The van der Waals surface area contributed by atoms with E-state index in [4.69, 9.17) is 11.5 Å². The van der Waals surface area contributed by atoms with Crippen LogP contribution in [0.4, 0.5) is 5.69 Å². The van der Waals surface area contributed by atoms with Gasteiger partial charge in [-0.2, -0.15) is 0 Å². The minimum Gasteiger partial charge on any atom is -0.385 e. The second-order valence-corrected chi connectivity index (χ2v) is 4.87. The first-order valence-electron chi connectivity index (χ1n) is 6.94. The van der Waals surface area contributed by atoms with Crippen LogP contribution in [-0.2, 0) is 6.42 Å². The average Bonchev–Trinajstić information content (AvgIpc) is 2.55. The second-order valence-electron chi connectivity index (χ2n) is 4.87. The lowest BCUT2D eigenvalue weighted by molar-refractivity contribution is 0.0991. The van der Waals surface area contributed by atoms with Gasteiger partial charge in [0.2, 0.25) is 11.8 Å². The van der Waals surface area contributed by atoms with Crippen molar-refractivity contribution in [3.8, 4) is 0 Å². The maximum absolute atomic E-state index is 10.9. The van der Waals surface area contributed by atoms with Gasteiger partial charge in [-0.25, -0.2) is 0 Å². The molecule has 0 radical (unpaired) electrons. The maximum Gasteiger partial charge on any atom is 0.250 e. The number of primary amides is 2. The van der Waals surface area contributed by atoms with E-state index < -0.39 is 5.91 Å². The lowest BCUT2D eigenvalue weighted by Gasteiger charge is -2.17. The van der Waals surface area contributed by atoms with Crippen LogP contribution in [0, 0.1) is 0 Å². The molecule has 6 nitrogen and oxygen atoms in total. The Hall–Kier alpha value is -2.89. The Balaban J connectivity index is 0.000000172. The first-order chi connectivity index (χ1) is 10.6. The van der Waals surface area contributed by atoms with E-state index >= 15 is 0 Å². The van der Waals surface area contributed by atoms with E-state index in [1.54, 1.807) is 24.4 Å². The molecule has 2 heterocycles. The Kier molecular flexibility index (Phi) is 5.08. The van der Waals surface area contributed by atoms with Gasteiger partial charge in [0.1, 0.15) is 0 Å². The van der Waals surface area contributed by atoms with E-state index in [2.05, 4.69) is 10.3 Å². The summed E-state index contributed by atoms with van der Waals surface area (Å²) in [5.74, 6) is -0.795. The number of fused-ring (bicyclic) bond motifs is 1. The Morgan fingerprint density at radius 1 is 1.09 bits per heavy atom. The Labute approximate surface area is 128 Å². The summed E-state index contributed by atoms with van der Waals surface area (Å²) >= 11 is 0. The molecule has 0 spiro atoms. The van der Waals surface area contributed by atoms with Gasteiger partial charge in [-0.15, -0.1) is 0 Å². The van der Waals surface area contributed by atoms with Crippen molar-refractivity contribution >= 4 is 17.5 Å². The molecule has 0 unspecified atom stereocenters. The van der Waals surface area contributed by atoms with Crippen molar-refractivity contribution in [2.24, 2.45) is 11.5 Å². The molecule has 1 aromatic heterocycles. The lowest BCUT2D eigenvalue weighted by Crippen LogP contribution is -2.15. The van der Waals surface area contributed by atoms with E-state index in [-0.39, 0.29) is 5.91 Å². The highest BCUT2D eigenvalue weighted by Gasteiger charge is 2.10. The highest BCUT2D eigenvalue weighted by Crippen LogP contribution is 2.22. The molecule has 1 aliphatic rings. The van der Waals surface area contributed by atoms with Gasteiger partial charge < -0.3 is 16.8 Å². The number of aryl methyl sites for hydroxylation is 1. The fraction of sp³-hybridized carbons (Fsp3) is 0.188. The lowest BCUT2D eigenvalue weighted by atomic mass is 10.0. The number of carbonyl (C=O) groups is 2. The highest BCUT2D eigenvalue weighted by molar-refractivity contribution is 5.93. The van der Waals surface area contributed by atoms with Crippen LogP contribution >= 0.6 is 0 Å². The number of nitrogens with zero attached hydrogens (tertiary/aromatic N) is 1. The van der Waals surface area contributed by atoms with Gasteiger partial charge in [-0.1, -0.05) is 0 Å². The first kappa shape index (κ1) is 15.5. The number of rotatable bonds is 2. The Bertz CT molecular complexity index is 671. The summed E-state index contributed by atoms with van der Waals surface area (Å²) in [5.41, 5.74) is 13.5. The van der Waals surface area contributed by atoms with Gasteiger partial charge in [-0.05, 0) is 48.7 Å². The van der Waals surface area contributed by atoms with E-state index in [1.165, 1.54) is 11.8 Å². The molecule has 3 rings (SSSR count). The zero-order chi connectivity index (χ0) is 15.9. The van der Waals surface area contributed by atoms with Crippen LogP contribution in [0.3, 0.4) is 0 Å². The molecular formula is C16H18N4O2. The van der Waals surface area contributed by atoms with Crippen LogP contribution in [0.5, 0.6) is 0 Å². The summed E-state index contributed by atoms with van der Waals surface area (Å²) in [6.07, 6.45) is 5.17. The van der Waals surface area contributed by atoms with Gasteiger partial charge in [0.05, 0.1) is 5.56 Å². The van der Waals surface area contributed by atoms with Crippen molar-refractivity contribution < 1.29 is 9.59 Å². The van der Waals surface area contributed by atoms with Crippen molar-refractivity contribution in [1.82, 2.24) is 4.98 Å². The van der Waals surface area contributed by atoms with Crippen LogP contribution in [0.1, 0.15) is 32.7 Å². The Morgan fingerprint density at radius 2 is 1.86 bits per heavy atom. The molecule has 0 saturated heterocycles. The van der Waals surface area contributed by atoms with Gasteiger partial charge in [0.15, 0.2) is 0 Å². The summed E-state index contributed by atoms with van der Waals surface area (Å²) < 4.78 is 0. The fourth-order valence-corrected chi connectivity index (χ4v) is 2.14. The molecule has 5 N–H and O–H groups in total. The quantitative estimate of drug-likeness (QED) is 0.776. The monoisotopic (exact) mass is 298 g/mol. The zero-order valence-corrected chi connectivity index (χ0v) is 12.1. The smallest absolute Gasteiger partial charge is 0.250 e. The molecule has 0 bridgehead atoms. The van der Waals surface area contributed by atoms with Crippen molar-refractivity contribution in [2.45, 2.75) is 12.8 Å². The largest absolute Gasteiger partial charge is 0.385 e. The van der Waals surface area contributed by atoms with E-state index in [0.717, 1.165) is 25.1 Å². The predicted molar refractivity (Wildman–Crippen MR) is 84.5 cm³/mol. The number of amides is 2. The topological polar surface area (TPSA) is 111 Å². The van der Waals surface area contributed by atoms with Crippen molar-refractivity contribution in [3.05, 3.63) is 59.4 Å². The average molecular weight is 298 g/mol. The first-order valence-corrected chi connectivity index (χ1v) is 6.94. The molecule has 0 fully saturated rings. The van der Waals surface area contributed by atoms with Gasteiger partial charge in [0.25, 0.3) is 0 Å². The van der Waals surface area contributed by atoms with Crippen LogP contribution in [0.15, 0.2) is 42.7 Å². The zero-order valence-electron chi connectivity index (χ0n) is 12.1. The van der Waals surface area contributed by atoms with E-state index in [9.17, 15) is 9.59 Å². The van der Waals surface area contributed by atoms with Crippen molar-refractivity contribution in [1.29, 1.82) is 0 Å². The molecule has 1 aliphatic heterocycles. The third kappa shape index (κ3) is 4.05. The molecule has 0 aliphatic carbocycles. The predicted octanol–water partition coefficient (Wildman–Crippen LogP) is 1.32. The molecule has 6 heteroatoms. The number of pyridine rings is 1. The summed E-state index contributed by atoms with van der Waals surface area (Å²) in [5, 5.41) is 3.28. The van der Waals surface area contributed by atoms with Gasteiger partial charge in [-0.3, -0.25) is 14.6 Å². The molecule has 1 aromatic carbocycles. The molecule has 0 saturated carbocycles. The number of hydrogen-bond acceptors (Lipinski definition) is 4. The van der Waals surface area contributed by atoms with Gasteiger partial charge in [0, 0.05) is 30.2 Å². The van der Waals surface area contributed by atoms with E-state index in [1.807, 2.05) is 12.1 Å². The number of carbonyl (C=O) groups excluding carboxylic acids is 2. The fourth-order valence-electron chi connectivity index (χ4n) is 2.14. The molecule has 114 valence electrons. The third-order valence-corrected chi connectivity index (χ3v) is 3.27. The Morgan fingerprint density at radius 3 is 2.45 bits per heavy atom. The van der Waals surface area contributed by atoms with E-state index in [0.29, 0.717) is 11.1 Å². The molecule has 2 aromatic rings. The molecule has 22 heavy (non-hydrogen) atoms. The second kappa shape index (κ2) is 7.21. The number of benzene rings is 1. The number of anilines is 1. The number of nitrogens with one attached hydrogen (secondary N) is 1. The van der Waals surface area contributed by atoms with Crippen molar-refractivity contribution in [3.63, 3.8) is 0 Å². The minimum absolute atomic E-state index is 0.353. The standard InChI is InChI=1S/C10H12N2O.C6H6N2O/c11-10(13)8-3-4-9-7(6-8)2-1-5-12-9;7-6(9)5-2-1-3-8-4-5/h3-4,6,12H,1-2,5H2,(H2,11,13);1-4H,(H2,7,9). The summed E-state index contributed by atoms with van der Waals surface area (Å²) in [4.78, 5) is 25.0. The normalized spacial score (nSPS) is 12.2. The van der Waals surface area contributed by atoms with Crippen LogP contribution in [0.25, 0.3) is 0 Å². The SMILES string of the molecule is NC(=O)c1ccc2c(c1)CCCN2.NC(=O)c1cccnc1. The molecule has 2 amide bonds. The highest BCUT2D eigenvalue weighted by atomic mass is 16.1. The number of hydrogen-bond donors (Lipinski definition) is 3. The third-order valence-electron chi connectivity index (χ3n) is 3.27. The summed E-state index contributed by atoms with van der Waals surface area (Å²) in [6.45, 7) is 1.02. The maximum atomic E-state index is 10.9. The summed E-state index contributed by atoms with van der Waals surface area (Å²) in [7, 11) is 0.